The largest absolute Gasteiger partial charge is 0.474 e. The molecule has 6 nitrogen and oxygen atoms in total. The van der Waals surface area contributed by atoms with E-state index in [1.807, 2.05) is 23.1 Å². The predicted octanol–water partition coefficient (Wildman–Crippen LogP) is 1.80. The molecule has 1 amide bonds. The summed E-state index contributed by atoms with van der Waals surface area (Å²) in [4.78, 5) is 18.7. The fourth-order valence-corrected chi connectivity index (χ4v) is 3.03. The summed E-state index contributed by atoms with van der Waals surface area (Å²) < 4.78 is 11.2. The normalized spacial score (nSPS) is 20.5. The highest BCUT2D eigenvalue weighted by atomic mass is 35.5. The average molecular weight is 378 g/mol. The van der Waals surface area contributed by atoms with Crippen LogP contribution in [0.15, 0.2) is 24.4 Å². The Balaban J connectivity index is 0.00000144. The molecular weight excluding hydrogens is 353 g/mol. The zero-order valence-electron chi connectivity index (χ0n) is 13.6. The molecular formula is C16H25Cl2N3O3. The quantitative estimate of drug-likeness (QED) is 0.868. The molecule has 8 heteroatoms. The van der Waals surface area contributed by atoms with E-state index in [1.54, 1.807) is 6.20 Å². The second-order valence-electron chi connectivity index (χ2n) is 6.05. The SMILES string of the molecule is Cl.Cl.NC1(C(=O)N2CCC(Oc3ccccn3)CC2)CCOCC1. The summed E-state index contributed by atoms with van der Waals surface area (Å²) in [5.41, 5.74) is 5.54. The van der Waals surface area contributed by atoms with Gasteiger partial charge in [0.2, 0.25) is 11.8 Å². The van der Waals surface area contributed by atoms with Gasteiger partial charge in [0.15, 0.2) is 0 Å². The number of likely N-dealkylation sites (tertiary alicyclic amines) is 1. The Hall–Kier alpha value is -1.08. The highest BCUT2D eigenvalue weighted by Crippen LogP contribution is 2.24. The molecule has 0 radical (unpaired) electrons. The van der Waals surface area contributed by atoms with Crippen LogP contribution in [0.1, 0.15) is 25.7 Å². The molecule has 2 aliphatic heterocycles. The number of carbonyl (C=O) groups is 1. The van der Waals surface area contributed by atoms with Crippen LogP contribution in [-0.2, 0) is 9.53 Å². The third-order valence-corrected chi connectivity index (χ3v) is 4.47. The number of aromatic nitrogens is 1. The highest BCUT2D eigenvalue weighted by Gasteiger charge is 2.40. The summed E-state index contributed by atoms with van der Waals surface area (Å²) >= 11 is 0. The number of pyridine rings is 1. The summed E-state index contributed by atoms with van der Waals surface area (Å²) in [6.07, 6.45) is 4.68. The Morgan fingerprint density at radius 2 is 1.92 bits per heavy atom. The van der Waals surface area contributed by atoms with Gasteiger partial charge >= 0.3 is 0 Å². The van der Waals surface area contributed by atoms with Crippen molar-refractivity contribution in [2.75, 3.05) is 26.3 Å². The lowest BCUT2D eigenvalue weighted by atomic mass is 9.89. The molecule has 2 N–H and O–H groups in total. The molecule has 24 heavy (non-hydrogen) atoms. The first-order chi connectivity index (χ1) is 10.7. The van der Waals surface area contributed by atoms with Crippen LogP contribution >= 0.6 is 24.8 Å². The zero-order chi connectivity index (χ0) is 15.4. The Bertz CT molecular complexity index is 505. The fraction of sp³-hybridized carbons (Fsp3) is 0.625. The van der Waals surface area contributed by atoms with Crippen LogP contribution < -0.4 is 10.5 Å². The van der Waals surface area contributed by atoms with Gasteiger partial charge in [0, 0.05) is 51.4 Å². The van der Waals surface area contributed by atoms with E-state index in [9.17, 15) is 4.79 Å². The van der Waals surface area contributed by atoms with Crippen LogP contribution in [0.3, 0.4) is 0 Å². The van der Waals surface area contributed by atoms with Crippen molar-refractivity contribution in [3.05, 3.63) is 24.4 Å². The van der Waals surface area contributed by atoms with Crippen molar-refractivity contribution >= 4 is 30.7 Å². The number of rotatable bonds is 3. The van der Waals surface area contributed by atoms with Crippen LogP contribution in [0.2, 0.25) is 0 Å². The van der Waals surface area contributed by atoms with Crippen LogP contribution in [0.25, 0.3) is 0 Å². The van der Waals surface area contributed by atoms with Gasteiger partial charge in [-0.05, 0) is 18.9 Å². The second-order valence-corrected chi connectivity index (χ2v) is 6.05. The van der Waals surface area contributed by atoms with Gasteiger partial charge in [-0.2, -0.15) is 0 Å². The summed E-state index contributed by atoms with van der Waals surface area (Å²) in [5, 5.41) is 0. The Kier molecular flexibility index (Phi) is 8.22. The Morgan fingerprint density at radius 1 is 1.25 bits per heavy atom. The van der Waals surface area contributed by atoms with E-state index in [4.69, 9.17) is 15.2 Å². The molecule has 2 aliphatic rings. The number of hydrogen-bond donors (Lipinski definition) is 1. The topological polar surface area (TPSA) is 77.7 Å². The number of halogens is 2. The van der Waals surface area contributed by atoms with Crippen molar-refractivity contribution in [1.29, 1.82) is 0 Å². The molecule has 3 heterocycles. The minimum Gasteiger partial charge on any atom is -0.474 e. The van der Waals surface area contributed by atoms with Gasteiger partial charge in [-0.15, -0.1) is 24.8 Å². The maximum Gasteiger partial charge on any atom is 0.242 e. The van der Waals surface area contributed by atoms with E-state index in [2.05, 4.69) is 4.98 Å². The molecule has 136 valence electrons. The van der Waals surface area contributed by atoms with Crippen molar-refractivity contribution < 1.29 is 14.3 Å². The second kappa shape index (κ2) is 9.42. The highest BCUT2D eigenvalue weighted by molar-refractivity contribution is 5.86. The maximum absolute atomic E-state index is 12.6. The van der Waals surface area contributed by atoms with Gasteiger partial charge in [-0.25, -0.2) is 4.98 Å². The molecule has 0 spiro atoms. The first-order valence-corrected chi connectivity index (χ1v) is 7.91. The molecule has 0 unspecified atom stereocenters. The minimum absolute atomic E-state index is 0. The van der Waals surface area contributed by atoms with Gasteiger partial charge in [-0.3, -0.25) is 4.79 Å². The summed E-state index contributed by atoms with van der Waals surface area (Å²) in [5.74, 6) is 0.707. The first-order valence-electron chi connectivity index (χ1n) is 7.91. The van der Waals surface area contributed by atoms with Crippen LogP contribution in [-0.4, -0.2) is 53.7 Å². The van der Waals surface area contributed by atoms with E-state index in [0.29, 0.717) is 45.0 Å². The van der Waals surface area contributed by atoms with Crippen molar-refractivity contribution in [3.8, 4) is 5.88 Å². The third-order valence-electron chi connectivity index (χ3n) is 4.47. The zero-order valence-corrected chi connectivity index (χ0v) is 15.2. The van der Waals surface area contributed by atoms with Gasteiger partial charge < -0.3 is 20.1 Å². The van der Waals surface area contributed by atoms with E-state index in [0.717, 1.165) is 12.8 Å². The number of piperidine rings is 1. The molecule has 0 bridgehead atoms. The Morgan fingerprint density at radius 3 is 2.50 bits per heavy atom. The molecule has 1 aromatic heterocycles. The van der Waals surface area contributed by atoms with E-state index in [1.165, 1.54) is 0 Å². The standard InChI is InChI=1S/C16H23N3O3.2ClH/c17-16(6-11-21-12-7-16)15(20)19-9-4-13(5-10-19)22-14-3-1-2-8-18-14;;/h1-3,8,13H,4-7,9-12,17H2;2*1H. The van der Waals surface area contributed by atoms with E-state index >= 15 is 0 Å². The fourth-order valence-electron chi connectivity index (χ4n) is 3.03. The van der Waals surface area contributed by atoms with Crippen molar-refractivity contribution in [2.24, 2.45) is 5.73 Å². The number of amides is 1. The number of hydrogen-bond acceptors (Lipinski definition) is 5. The third kappa shape index (κ3) is 4.96. The summed E-state index contributed by atoms with van der Waals surface area (Å²) in [7, 11) is 0. The van der Waals surface area contributed by atoms with Crippen LogP contribution in [0.5, 0.6) is 5.88 Å². The smallest absolute Gasteiger partial charge is 0.242 e. The summed E-state index contributed by atoms with van der Waals surface area (Å²) in [6.45, 7) is 2.52. The molecule has 2 fully saturated rings. The molecule has 0 atom stereocenters. The van der Waals surface area contributed by atoms with E-state index < -0.39 is 5.54 Å². The van der Waals surface area contributed by atoms with Crippen molar-refractivity contribution in [2.45, 2.75) is 37.3 Å². The monoisotopic (exact) mass is 377 g/mol. The molecule has 0 aromatic carbocycles. The average Bonchev–Trinajstić information content (AvgIpc) is 2.56. The summed E-state index contributed by atoms with van der Waals surface area (Å²) in [6, 6.07) is 5.63. The van der Waals surface area contributed by atoms with Crippen LogP contribution in [0.4, 0.5) is 0 Å². The number of nitrogens with two attached hydrogens (primary N) is 1. The molecule has 2 saturated heterocycles. The maximum atomic E-state index is 12.6. The first kappa shape index (κ1) is 21.0. The lowest BCUT2D eigenvalue weighted by molar-refractivity contribution is -0.142. The van der Waals surface area contributed by atoms with E-state index in [-0.39, 0.29) is 36.8 Å². The molecule has 1 aromatic rings. The van der Waals surface area contributed by atoms with Gasteiger partial charge in [0.1, 0.15) is 6.10 Å². The van der Waals surface area contributed by atoms with Crippen molar-refractivity contribution in [3.63, 3.8) is 0 Å². The van der Waals surface area contributed by atoms with Gasteiger partial charge in [0.05, 0.1) is 5.54 Å². The van der Waals surface area contributed by atoms with Crippen molar-refractivity contribution in [1.82, 2.24) is 9.88 Å². The lowest BCUT2D eigenvalue weighted by Gasteiger charge is -2.39. The van der Waals surface area contributed by atoms with Gasteiger partial charge in [-0.1, -0.05) is 6.07 Å². The van der Waals surface area contributed by atoms with Crippen LogP contribution in [0, 0.1) is 0 Å². The minimum atomic E-state index is -0.743. The number of carbonyl (C=O) groups excluding carboxylic acids is 1. The molecule has 0 aliphatic carbocycles. The molecule has 0 saturated carbocycles. The Labute approximate surface area is 154 Å². The number of ether oxygens (including phenoxy) is 2. The van der Waals surface area contributed by atoms with Gasteiger partial charge in [0.25, 0.3) is 0 Å². The lowest BCUT2D eigenvalue weighted by Crippen LogP contribution is -2.59. The molecule has 3 rings (SSSR count). The predicted molar refractivity (Wildman–Crippen MR) is 95.9 cm³/mol. The number of nitrogens with zero attached hydrogens (tertiary/aromatic N) is 2.